The van der Waals surface area contributed by atoms with Gasteiger partial charge in [0.25, 0.3) is 0 Å². The molecule has 7 nitrogen and oxygen atoms in total. The third-order valence-corrected chi connectivity index (χ3v) is 10.6. The summed E-state index contributed by atoms with van der Waals surface area (Å²) in [6.45, 7) is 15.4. The Hall–Kier alpha value is -1.24. The molecule has 1 aromatic carbocycles. The van der Waals surface area contributed by atoms with E-state index in [-0.39, 0.29) is 10.8 Å². The van der Waals surface area contributed by atoms with Crippen LogP contribution in [0.2, 0.25) is 0 Å². The van der Waals surface area contributed by atoms with E-state index in [1.165, 1.54) is 48.8 Å². The monoisotopic (exact) mass is 507 g/mol. The van der Waals surface area contributed by atoms with Gasteiger partial charge >= 0.3 is 13.8 Å². The first-order valence-corrected chi connectivity index (χ1v) is 14.4. The van der Waals surface area contributed by atoms with Crippen molar-refractivity contribution in [1.82, 2.24) is 0 Å². The van der Waals surface area contributed by atoms with E-state index in [1.54, 1.807) is 0 Å². The smallest absolute Gasteiger partial charge is 0.425 e. The fourth-order valence-corrected chi connectivity index (χ4v) is 8.76. The molecule has 3 aliphatic carbocycles. The normalized spacial score (nSPS) is 32.4. The average Bonchev–Trinajstić information content (AvgIpc) is 3.07. The molecule has 5 atom stereocenters. The lowest BCUT2D eigenvalue weighted by Gasteiger charge is -2.61. The zero-order valence-corrected chi connectivity index (χ0v) is 23.1. The second kappa shape index (κ2) is 8.66. The number of phosphoric acid groups is 1. The summed E-state index contributed by atoms with van der Waals surface area (Å²) in [6.07, 6.45) is 7.25. The molecule has 3 unspecified atom stereocenters. The van der Waals surface area contributed by atoms with Crippen LogP contribution in [-0.4, -0.2) is 28.4 Å². The van der Waals surface area contributed by atoms with E-state index in [2.05, 4.69) is 39.1 Å². The molecule has 4 N–H and O–H groups in total. The van der Waals surface area contributed by atoms with E-state index in [4.69, 9.17) is 20.3 Å². The molecule has 0 aliphatic heterocycles. The summed E-state index contributed by atoms with van der Waals surface area (Å²) in [7, 11) is -4.72. The summed E-state index contributed by atoms with van der Waals surface area (Å²) < 4.78 is 21.2. The lowest BCUT2D eigenvalue weighted by molar-refractivity contribution is -0.136. The van der Waals surface area contributed by atoms with Crippen LogP contribution in [-0.2, 0) is 25.7 Å². The molecular formula is C27H42NO6P. The molecule has 0 bridgehead atoms. The van der Waals surface area contributed by atoms with Crippen LogP contribution in [0.3, 0.4) is 0 Å². The number of phosphoric ester groups is 1. The molecule has 2 fully saturated rings. The highest BCUT2D eigenvalue weighted by Gasteiger charge is 2.61. The molecule has 2 saturated carbocycles. The van der Waals surface area contributed by atoms with Gasteiger partial charge in [0, 0.05) is 0 Å². The first kappa shape index (κ1) is 26.8. The molecule has 0 spiro atoms. The topological polar surface area (TPSA) is 119 Å². The van der Waals surface area contributed by atoms with Gasteiger partial charge in [0.2, 0.25) is 0 Å². The molecule has 35 heavy (non-hydrogen) atoms. The van der Waals surface area contributed by atoms with Crippen molar-refractivity contribution < 1.29 is 28.4 Å². The van der Waals surface area contributed by atoms with Gasteiger partial charge in [0.05, 0.1) is 6.61 Å². The number of carbonyl (C=O) groups is 1. The van der Waals surface area contributed by atoms with Crippen molar-refractivity contribution in [2.75, 3.05) is 6.61 Å². The third-order valence-electron chi connectivity index (χ3n) is 10.1. The van der Waals surface area contributed by atoms with Gasteiger partial charge in [-0.25, -0.2) is 9.36 Å². The molecule has 0 heterocycles. The Labute approximate surface area is 209 Å². The molecule has 0 aromatic heterocycles. The van der Waals surface area contributed by atoms with Crippen molar-refractivity contribution in [3.63, 3.8) is 0 Å². The second-order valence-corrected chi connectivity index (χ2v) is 13.7. The first-order chi connectivity index (χ1) is 16.0. The molecule has 0 radical (unpaired) electrons. The predicted octanol–water partition coefficient (Wildman–Crippen LogP) is 5.01. The number of esters is 1. The van der Waals surface area contributed by atoms with Crippen LogP contribution in [0.15, 0.2) is 0 Å². The Kier molecular flexibility index (Phi) is 6.64. The van der Waals surface area contributed by atoms with E-state index in [0.717, 1.165) is 17.5 Å². The maximum Gasteiger partial charge on any atom is 0.469 e. The fourth-order valence-electron chi connectivity index (χ4n) is 8.40. The molecule has 3 aliphatic rings. The van der Waals surface area contributed by atoms with Crippen LogP contribution in [0.4, 0.5) is 0 Å². The van der Waals surface area contributed by atoms with Crippen LogP contribution in [0.1, 0.15) is 87.6 Å². The van der Waals surface area contributed by atoms with Crippen molar-refractivity contribution in [3.8, 4) is 5.75 Å². The Bertz CT molecular complexity index is 1090. The minimum atomic E-state index is -4.72. The summed E-state index contributed by atoms with van der Waals surface area (Å²) in [5, 5.41) is 0. The summed E-state index contributed by atoms with van der Waals surface area (Å²) in [4.78, 5) is 30.5. The molecule has 0 amide bonds. The highest BCUT2D eigenvalue weighted by Crippen LogP contribution is 2.68. The lowest BCUT2D eigenvalue weighted by atomic mass is 9.43. The van der Waals surface area contributed by atoms with Crippen molar-refractivity contribution in [1.29, 1.82) is 0 Å². The van der Waals surface area contributed by atoms with Crippen LogP contribution in [0.5, 0.6) is 5.75 Å². The van der Waals surface area contributed by atoms with E-state index >= 15 is 0 Å². The first-order valence-electron chi connectivity index (χ1n) is 12.8. The Morgan fingerprint density at radius 3 is 2.34 bits per heavy atom. The van der Waals surface area contributed by atoms with Gasteiger partial charge in [-0.1, -0.05) is 34.1 Å². The van der Waals surface area contributed by atoms with E-state index < -0.39 is 26.4 Å². The number of ether oxygens (including phenoxy) is 1. The average molecular weight is 508 g/mol. The van der Waals surface area contributed by atoms with Crippen LogP contribution >= 0.6 is 7.82 Å². The Balaban J connectivity index is 1.69. The predicted molar refractivity (Wildman–Crippen MR) is 135 cm³/mol. The van der Waals surface area contributed by atoms with Gasteiger partial charge in [-0.3, -0.25) is 4.52 Å². The molecule has 1 aromatic rings. The van der Waals surface area contributed by atoms with E-state index in [1.807, 2.05) is 13.8 Å². The number of nitrogens with two attached hydrogens (primary N) is 1. The number of fused-ring (bicyclic) bond motifs is 5. The standard InChI is InChI=1S/C27H42NO6P/c1-15-16(2)23(34-24(29)19(28)14-33-35(30,31)32)17(3)18-13-21-26(6)11-8-10-25(4,5)20(26)9-12-27(21,7)22(15)18/h19-21H,8-14,28H2,1-7H3,(H2,30,31,32)/t19?,20?,21-,26+,27?/m1/s1. The molecule has 8 heteroatoms. The fraction of sp³-hybridized carbons (Fsp3) is 0.741. The van der Waals surface area contributed by atoms with Crippen molar-refractivity contribution in [3.05, 3.63) is 27.8 Å². The second-order valence-electron chi connectivity index (χ2n) is 12.5. The zero-order chi connectivity index (χ0) is 26.1. The van der Waals surface area contributed by atoms with E-state index in [0.29, 0.717) is 23.0 Å². The third kappa shape index (κ3) is 4.31. The number of carbonyl (C=O) groups excluding carboxylic acids is 1. The van der Waals surface area contributed by atoms with Gasteiger partial charge in [0.1, 0.15) is 11.8 Å². The molecular weight excluding hydrogens is 465 g/mol. The minimum absolute atomic E-state index is 0.101. The summed E-state index contributed by atoms with van der Waals surface area (Å²) >= 11 is 0. The van der Waals surface area contributed by atoms with Crippen molar-refractivity contribution in [2.24, 2.45) is 28.4 Å². The lowest BCUT2D eigenvalue weighted by Crippen LogP contribution is -2.55. The summed E-state index contributed by atoms with van der Waals surface area (Å²) in [6, 6.07) is -1.29. The van der Waals surface area contributed by atoms with Crippen molar-refractivity contribution in [2.45, 2.75) is 98.4 Å². The van der Waals surface area contributed by atoms with Gasteiger partial charge in [-0.15, -0.1) is 0 Å². The van der Waals surface area contributed by atoms with Crippen LogP contribution in [0.25, 0.3) is 0 Å². The Morgan fingerprint density at radius 2 is 1.71 bits per heavy atom. The molecule has 196 valence electrons. The van der Waals surface area contributed by atoms with Gasteiger partial charge in [0.15, 0.2) is 0 Å². The number of hydrogen-bond donors (Lipinski definition) is 3. The van der Waals surface area contributed by atoms with E-state index in [9.17, 15) is 9.36 Å². The number of hydrogen-bond acceptors (Lipinski definition) is 5. The quantitative estimate of drug-likeness (QED) is 0.291. The number of benzene rings is 1. The Morgan fingerprint density at radius 1 is 1.06 bits per heavy atom. The van der Waals surface area contributed by atoms with Gasteiger partial charge < -0.3 is 20.3 Å². The van der Waals surface area contributed by atoms with Gasteiger partial charge in [-0.2, -0.15) is 0 Å². The minimum Gasteiger partial charge on any atom is -0.425 e. The maximum atomic E-state index is 12.7. The summed E-state index contributed by atoms with van der Waals surface area (Å²) in [5.41, 5.74) is 12.4. The van der Waals surface area contributed by atoms with Crippen LogP contribution < -0.4 is 10.5 Å². The summed E-state index contributed by atoms with van der Waals surface area (Å²) in [5.74, 6) is 1.02. The number of rotatable bonds is 5. The SMILES string of the molecule is Cc1c(C)c2c(c(C)c1OC(=O)C(N)COP(=O)(O)O)C[C@H]1C2(C)CCC2C(C)(C)CCC[C@@]21C. The molecule has 4 rings (SSSR count). The van der Waals surface area contributed by atoms with Gasteiger partial charge in [-0.05, 0) is 109 Å². The van der Waals surface area contributed by atoms with Crippen LogP contribution in [0, 0.1) is 43.4 Å². The molecule has 0 saturated heterocycles. The highest BCUT2D eigenvalue weighted by molar-refractivity contribution is 7.46. The maximum absolute atomic E-state index is 12.7. The van der Waals surface area contributed by atoms with Crippen molar-refractivity contribution >= 4 is 13.8 Å². The largest absolute Gasteiger partial charge is 0.469 e. The highest BCUT2D eigenvalue weighted by atomic mass is 31.2. The zero-order valence-electron chi connectivity index (χ0n) is 22.2.